The third-order valence-corrected chi connectivity index (χ3v) is 7.98. The van der Waals surface area contributed by atoms with Crippen molar-refractivity contribution in [1.82, 2.24) is 0 Å². The van der Waals surface area contributed by atoms with E-state index in [2.05, 4.69) is 99.4 Å². The zero-order valence-corrected chi connectivity index (χ0v) is 20.5. The summed E-state index contributed by atoms with van der Waals surface area (Å²) in [5, 5.41) is 0. The summed E-state index contributed by atoms with van der Waals surface area (Å²) in [6.07, 6.45) is 0.926. The van der Waals surface area contributed by atoms with Gasteiger partial charge < -0.3 is 0 Å². The summed E-state index contributed by atoms with van der Waals surface area (Å²) in [6.45, 7) is 8.69. The van der Waals surface area contributed by atoms with E-state index in [0.717, 1.165) is 23.5 Å². The average Bonchev–Trinajstić information content (AvgIpc) is 3.14. The van der Waals surface area contributed by atoms with Gasteiger partial charge in [-0.05, 0) is 0 Å². The minimum absolute atomic E-state index is 0.0145. The Kier molecular flexibility index (Phi) is 6.14. The Morgan fingerprint density at radius 3 is 1.83 bits per heavy atom. The maximum absolute atomic E-state index is 6.69. The Morgan fingerprint density at radius 2 is 1.27 bits per heavy atom. The van der Waals surface area contributed by atoms with Gasteiger partial charge in [-0.3, -0.25) is 0 Å². The van der Waals surface area contributed by atoms with Crippen LogP contribution in [0.2, 0.25) is 0 Å². The van der Waals surface area contributed by atoms with Crippen molar-refractivity contribution < 1.29 is 25.6 Å². The summed E-state index contributed by atoms with van der Waals surface area (Å²) in [6, 6.07) is 24.3. The molecule has 1 heterocycles. The van der Waals surface area contributed by atoms with Gasteiger partial charge in [-0.25, -0.2) is 0 Å². The van der Waals surface area contributed by atoms with Crippen LogP contribution in [0.15, 0.2) is 71.1 Å². The Morgan fingerprint density at radius 1 is 0.700 bits per heavy atom. The van der Waals surface area contributed by atoms with E-state index in [1.54, 1.807) is 0 Å². The van der Waals surface area contributed by atoms with Crippen LogP contribution in [0.5, 0.6) is 0 Å². The van der Waals surface area contributed by atoms with Gasteiger partial charge in [0.2, 0.25) is 0 Å². The SMILES string of the molecule is CCc1c(-c2ccc(C)cc2)oc(-c2ccc(C)c([I-]C)c2)c1-c1ccc(C)cc1. The molecule has 0 bridgehead atoms. The first-order chi connectivity index (χ1) is 14.5. The number of rotatable bonds is 5. The van der Waals surface area contributed by atoms with Crippen molar-refractivity contribution >= 4 is 0 Å². The Labute approximate surface area is 190 Å². The van der Waals surface area contributed by atoms with Crippen LogP contribution < -0.4 is 21.2 Å². The summed E-state index contributed by atoms with van der Waals surface area (Å²) < 4.78 is 8.16. The molecular weight excluding hydrogens is 479 g/mol. The molecule has 1 nitrogen and oxygen atoms in total. The average molecular weight is 507 g/mol. The van der Waals surface area contributed by atoms with Gasteiger partial charge >= 0.3 is 191 Å². The molecule has 0 amide bonds. The minimum atomic E-state index is 0.0145. The van der Waals surface area contributed by atoms with E-state index < -0.39 is 0 Å². The molecule has 0 fully saturated rings. The number of hydrogen-bond donors (Lipinski definition) is 0. The van der Waals surface area contributed by atoms with Crippen molar-refractivity contribution in [2.75, 3.05) is 4.93 Å². The van der Waals surface area contributed by atoms with Gasteiger partial charge in [0.05, 0.1) is 0 Å². The quantitative estimate of drug-likeness (QED) is 0.283. The first kappa shape index (κ1) is 20.9. The van der Waals surface area contributed by atoms with E-state index >= 15 is 0 Å². The van der Waals surface area contributed by atoms with E-state index in [-0.39, 0.29) is 21.2 Å². The summed E-state index contributed by atoms with van der Waals surface area (Å²) in [5.74, 6) is 1.99. The molecule has 0 radical (unpaired) electrons. The molecule has 0 spiro atoms. The summed E-state index contributed by atoms with van der Waals surface area (Å²) in [5.41, 5.74) is 9.98. The number of benzene rings is 3. The molecule has 4 rings (SSSR count). The van der Waals surface area contributed by atoms with E-state index in [9.17, 15) is 0 Å². The Bertz CT molecular complexity index is 1160. The van der Waals surface area contributed by atoms with Gasteiger partial charge in [-0.1, -0.05) is 0 Å². The van der Waals surface area contributed by atoms with Crippen LogP contribution in [0.4, 0.5) is 0 Å². The molecule has 3 aromatic carbocycles. The third-order valence-electron chi connectivity index (χ3n) is 5.65. The fourth-order valence-corrected chi connectivity index (χ4v) is 5.58. The van der Waals surface area contributed by atoms with Crippen LogP contribution in [-0.2, 0) is 6.42 Å². The van der Waals surface area contributed by atoms with Crippen molar-refractivity contribution in [3.05, 3.63) is 92.6 Å². The van der Waals surface area contributed by atoms with Gasteiger partial charge in [0.1, 0.15) is 0 Å². The number of furan rings is 1. The molecule has 154 valence electrons. The molecule has 0 unspecified atom stereocenters. The molecule has 30 heavy (non-hydrogen) atoms. The molecule has 2 heteroatoms. The molecule has 0 N–H and O–H groups in total. The van der Waals surface area contributed by atoms with Crippen LogP contribution in [-0.4, -0.2) is 4.93 Å². The van der Waals surface area contributed by atoms with E-state index in [0.29, 0.717) is 0 Å². The molecule has 0 saturated carbocycles. The summed E-state index contributed by atoms with van der Waals surface area (Å²) >= 11 is 0.0145. The molecular formula is C28H28IO-. The molecule has 0 aliphatic carbocycles. The first-order valence-corrected chi connectivity index (χ1v) is 13.7. The van der Waals surface area contributed by atoms with Gasteiger partial charge in [-0.2, -0.15) is 0 Å². The number of hydrogen-bond acceptors (Lipinski definition) is 1. The number of halogens is 1. The van der Waals surface area contributed by atoms with Crippen molar-refractivity contribution in [3.8, 4) is 33.8 Å². The molecule has 0 saturated heterocycles. The zero-order chi connectivity index (χ0) is 21.3. The predicted molar refractivity (Wildman–Crippen MR) is 123 cm³/mol. The second-order valence-corrected chi connectivity index (χ2v) is 10.1. The third kappa shape index (κ3) is 3.98. The Balaban J connectivity index is 2.00. The normalized spacial score (nSPS) is 11.2. The monoisotopic (exact) mass is 507 g/mol. The first-order valence-electron chi connectivity index (χ1n) is 10.4. The van der Waals surface area contributed by atoms with Crippen molar-refractivity contribution in [3.63, 3.8) is 0 Å². The fraction of sp³-hybridized carbons (Fsp3) is 0.214. The van der Waals surface area contributed by atoms with Gasteiger partial charge in [0.15, 0.2) is 0 Å². The van der Waals surface area contributed by atoms with Crippen molar-refractivity contribution in [1.29, 1.82) is 0 Å². The van der Waals surface area contributed by atoms with Crippen LogP contribution in [0.3, 0.4) is 0 Å². The topological polar surface area (TPSA) is 13.1 Å². The molecule has 0 aliphatic heterocycles. The zero-order valence-electron chi connectivity index (χ0n) is 18.3. The van der Waals surface area contributed by atoms with E-state index in [1.807, 2.05) is 0 Å². The molecule has 0 aliphatic rings. The number of aryl methyl sites for hydroxylation is 3. The van der Waals surface area contributed by atoms with Crippen molar-refractivity contribution in [2.45, 2.75) is 34.1 Å². The van der Waals surface area contributed by atoms with Gasteiger partial charge in [0, 0.05) is 0 Å². The fourth-order valence-electron chi connectivity index (χ4n) is 3.91. The van der Waals surface area contributed by atoms with Gasteiger partial charge in [-0.15, -0.1) is 0 Å². The second-order valence-electron chi connectivity index (χ2n) is 7.85. The standard InChI is InChI=1S/C28H28IO/c1-6-24-26(21-12-7-18(2)8-13-21)28(23-16-11-20(4)25(17-23)29-5)30-27(24)22-14-9-19(3)10-15-22/h7-17H,6H2,1-5H3/q-1. The maximum atomic E-state index is 6.69. The Hall–Kier alpha value is -2.33. The summed E-state index contributed by atoms with van der Waals surface area (Å²) in [7, 11) is 0. The van der Waals surface area contributed by atoms with Crippen molar-refractivity contribution in [2.24, 2.45) is 0 Å². The second kappa shape index (κ2) is 8.81. The van der Waals surface area contributed by atoms with E-state index in [4.69, 9.17) is 4.42 Å². The van der Waals surface area contributed by atoms with Crippen LogP contribution >= 0.6 is 0 Å². The van der Waals surface area contributed by atoms with Crippen LogP contribution in [0.25, 0.3) is 33.8 Å². The van der Waals surface area contributed by atoms with Crippen LogP contribution in [0.1, 0.15) is 29.2 Å². The van der Waals surface area contributed by atoms with Gasteiger partial charge in [0.25, 0.3) is 0 Å². The molecule has 0 atom stereocenters. The van der Waals surface area contributed by atoms with E-state index in [1.165, 1.54) is 42.5 Å². The molecule has 1 aromatic heterocycles. The molecule has 4 aromatic rings. The van der Waals surface area contributed by atoms with Crippen LogP contribution in [0, 0.1) is 24.3 Å². The number of alkyl halides is 1. The predicted octanol–water partition coefficient (Wildman–Crippen LogP) is 4.66. The summed E-state index contributed by atoms with van der Waals surface area (Å²) in [4.78, 5) is 2.32.